The van der Waals surface area contributed by atoms with Gasteiger partial charge < -0.3 is 4.74 Å². The number of nitrogens with zero attached hydrogens (tertiary/aromatic N) is 1. The molecular formula is C21H18ClNO3. The Morgan fingerprint density at radius 2 is 1.65 bits per heavy atom. The number of benzene rings is 3. The lowest BCUT2D eigenvalue weighted by Crippen LogP contribution is -2.00. The first-order valence-electron chi connectivity index (χ1n) is 8.15. The maximum atomic E-state index is 11.8. The Kier molecular flexibility index (Phi) is 5.24. The standard InChI is InChI=1S/C21H18ClNO3/c1-14-17(13-15-3-8-18(22)9-4-15)7-12-20(21(14)23(24)25)16-5-10-19(26-2)11-6-16/h3-12H,13H2,1-2H3. The molecule has 0 bridgehead atoms. The number of nitro groups is 1. The molecule has 3 rings (SSSR count). The molecule has 0 fully saturated rings. The molecule has 0 unspecified atom stereocenters. The minimum absolute atomic E-state index is 0.140. The average Bonchev–Trinajstić information content (AvgIpc) is 2.64. The van der Waals surface area contributed by atoms with Crippen LogP contribution in [0.1, 0.15) is 16.7 Å². The highest BCUT2D eigenvalue weighted by Crippen LogP contribution is 2.36. The van der Waals surface area contributed by atoms with Crippen LogP contribution in [0.5, 0.6) is 5.75 Å². The van der Waals surface area contributed by atoms with Gasteiger partial charge in [0.25, 0.3) is 5.69 Å². The van der Waals surface area contributed by atoms with E-state index in [1.165, 1.54) is 0 Å². The largest absolute Gasteiger partial charge is 0.497 e. The van der Waals surface area contributed by atoms with Gasteiger partial charge in [-0.05, 0) is 60.4 Å². The smallest absolute Gasteiger partial charge is 0.280 e. The van der Waals surface area contributed by atoms with Crippen molar-refractivity contribution in [3.63, 3.8) is 0 Å². The van der Waals surface area contributed by atoms with E-state index in [4.69, 9.17) is 16.3 Å². The van der Waals surface area contributed by atoms with E-state index in [0.29, 0.717) is 28.3 Å². The fraction of sp³-hybridized carbons (Fsp3) is 0.143. The van der Waals surface area contributed by atoms with Crippen LogP contribution in [0.2, 0.25) is 5.02 Å². The predicted octanol–water partition coefficient (Wildman–Crippen LogP) is 5.82. The molecule has 5 heteroatoms. The summed E-state index contributed by atoms with van der Waals surface area (Å²) < 4.78 is 5.16. The third kappa shape index (κ3) is 3.70. The molecule has 0 radical (unpaired) electrons. The quantitative estimate of drug-likeness (QED) is 0.421. The maximum absolute atomic E-state index is 11.8. The summed E-state index contributed by atoms with van der Waals surface area (Å²) in [5, 5.41) is 12.4. The molecule has 132 valence electrons. The van der Waals surface area contributed by atoms with Crippen LogP contribution in [0.25, 0.3) is 11.1 Å². The van der Waals surface area contributed by atoms with Gasteiger partial charge in [-0.25, -0.2) is 0 Å². The summed E-state index contributed by atoms with van der Waals surface area (Å²) in [7, 11) is 1.59. The second-order valence-electron chi connectivity index (χ2n) is 6.03. The molecule has 4 nitrogen and oxygen atoms in total. The van der Waals surface area contributed by atoms with Crippen LogP contribution in [-0.4, -0.2) is 12.0 Å². The zero-order valence-corrected chi connectivity index (χ0v) is 15.3. The molecule has 0 atom stereocenters. The number of methoxy groups -OCH3 is 1. The lowest BCUT2D eigenvalue weighted by atomic mass is 9.93. The van der Waals surface area contributed by atoms with Crippen molar-refractivity contribution in [1.29, 1.82) is 0 Å². The van der Waals surface area contributed by atoms with E-state index >= 15 is 0 Å². The fourth-order valence-electron chi connectivity index (χ4n) is 2.99. The molecule has 3 aromatic carbocycles. The van der Waals surface area contributed by atoms with Gasteiger partial charge in [-0.1, -0.05) is 41.9 Å². The summed E-state index contributed by atoms with van der Waals surface area (Å²) >= 11 is 5.92. The Hall–Kier alpha value is -2.85. The summed E-state index contributed by atoms with van der Waals surface area (Å²) in [6, 6.07) is 18.6. The number of ether oxygens (including phenoxy) is 1. The minimum atomic E-state index is -0.305. The van der Waals surface area contributed by atoms with Crippen LogP contribution in [0.3, 0.4) is 0 Å². The Balaban J connectivity index is 2.03. The van der Waals surface area contributed by atoms with E-state index in [0.717, 1.165) is 16.7 Å². The van der Waals surface area contributed by atoms with Crippen molar-refractivity contribution in [2.24, 2.45) is 0 Å². The van der Waals surface area contributed by atoms with Crippen LogP contribution in [-0.2, 0) is 6.42 Å². The molecule has 0 aliphatic carbocycles. The van der Waals surface area contributed by atoms with Gasteiger partial charge in [-0.2, -0.15) is 0 Å². The maximum Gasteiger partial charge on any atom is 0.280 e. The summed E-state index contributed by atoms with van der Waals surface area (Å²) in [4.78, 5) is 11.4. The Bertz CT molecular complexity index is 935. The van der Waals surface area contributed by atoms with Gasteiger partial charge in [-0.15, -0.1) is 0 Å². The predicted molar refractivity (Wildman–Crippen MR) is 104 cm³/mol. The molecule has 26 heavy (non-hydrogen) atoms. The lowest BCUT2D eigenvalue weighted by Gasteiger charge is -2.11. The Labute approximate surface area is 157 Å². The summed E-state index contributed by atoms with van der Waals surface area (Å²) in [6.45, 7) is 1.80. The molecule has 0 aromatic heterocycles. The molecule has 0 heterocycles. The van der Waals surface area contributed by atoms with Gasteiger partial charge in [0.15, 0.2) is 0 Å². The summed E-state index contributed by atoms with van der Waals surface area (Å²) in [6.07, 6.45) is 0.618. The van der Waals surface area contributed by atoms with Crippen molar-refractivity contribution in [3.05, 3.63) is 92.5 Å². The van der Waals surface area contributed by atoms with Crippen LogP contribution in [0, 0.1) is 17.0 Å². The molecule has 0 saturated carbocycles. The zero-order chi connectivity index (χ0) is 18.7. The second kappa shape index (κ2) is 7.58. The number of hydrogen-bond donors (Lipinski definition) is 0. The van der Waals surface area contributed by atoms with Crippen LogP contribution in [0.15, 0.2) is 60.7 Å². The summed E-state index contributed by atoms with van der Waals surface area (Å²) in [5.41, 5.74) is 4.20. The van der Waals surface area contributed by atoms with Gasteiger partial charge in [0.05, 0.1) is 17.6 Å². The van der Waals surface area contributed by atoms with Crippen molar-refractivity contribution in [3.8, 4) is 16.9 Å². The van der Waals surface area contributed by atoms with Crippen molar-refractivity contribution in [1.82, 2.24) is 0 Å². The first-order chi connectivity index (χ1) is 12.5. The molecule has 0 N–H and O–H groups in total. The highest BCUT2D eigenvalue weighted by molar-refractivity contribution is 6.30. The number of nitro benzene ring substituents is 1. The highest BCUT2D eigenvalue weighted by atomic mass is 35.5. The molecule has 0 aliphatic heterocycles. The van der Waals surface area contributed by atoms with Crippen LogP contribution < -0.4 is 4.74 Å². The monoisotopic (exact) mass is 367 g/mol. The third-order valence-electron chi connectivity index (χ3n) is 4.43. The van der Waals surface area contributed by atoms with E-state index in [1.54, 1.807) is 26.2 Å². The van der Waals surface area contributed by atoms with Gasteiger partial charge in [0.1, 0.15) is 5.75 Å². The number of rotatable bonds is 5. The lowest BCUT2D eigenvalue weighted by molar-refractivity contribution is -0.384. The van der Waals surface area contributed by atoms with Crippen LogP contribution in [0.4, 0.5) is 5.69 Å². The third-order valence-corrected chi connectivity index (χ3v) is 4.69. The SMILES string of the molecule is COc1ccc(-c2ccc(Cc3ccc(Cl)cc3)c(C)c2[N+](=O)[O-])cc1. The van der Waals surface area contributed by atoms with Crippen molar-refractivity contribution >= 4 is 17.3 Å². The average molecular weight is 368 g/mol. The molecule has 0 spiro atoms. The first-order valence-corrected chi connectivity index (χ1v) is 8.53. The summed E-state index contributed by atoms with van der Waals surface area (Å²) in [5.74, 6) is 0.715. The van der Waals surface area contributed by atoms with Gasteiger partial charge >= 0.3 is 0 Å². The van der Waals surface area contributed by atoms with Crippen molar-refractivity contribution in [2.45, 2.75) is 13.3 Å². The van der Waals surface area contributed by atoms with Gasteiger partial charge in [-0.3, -0.25) is 10.1 Å². The Morgan fingerprint density at radius 3 is 2.23 bits per heavy atom. The number of halogens is 1. The highest BCUT2D eigenvalue weighted by Gasteiger charge is 2.21. The number of hydrogen-bond acceptors (Lipinski definition) is 3. The minimum Gasteiger partial charge on any atom is -0.497 e. The second-order valence-corrected chi connectivity index (χ2v) is 6.47. The zero-order valence-electron chi connectivity index (χ0n) is 14.5. The fourth-order valence-corrected chi connectivity index (χ4v) is 3.12. The normalized spacial score (nSPS) is 10.6. The van der Waals surface area contributed by atoms with E-state index in [-0.39, 0.29) is 10.6 Å². The molecular weight excluding hydrogens is 350 g/mol. The Morgan fingerprint density at radius 1 is 1.00 bits per heavy atom. The van der Waals surface area contributed by atoms with Gasteiger partial charge in [0, 0.05) is 10.6 Å². The van der Waals surface area contributed by atoms with Crippen LogP contribution >= 0.6 is 11.6 Å². The van der Waals surface area contributed by atoms with Gasteiger partial charge in [0.2, 0.25) is 0 Å². The molecule has 0 amide bonds. The van der Waals surface area contributed by atoms with E-state index < -0.39 is 0 Å². The molecule has 3 aromatic rings. The van der Waals surface area contributed by atoms with Crippen molar-refractivity contribution < 1.29 is 9.66 Å². The van der Waals surface area contributed by atoms with E-state index in [2.05, 4.69) is 0 Å². The topological polar surface area (TPSA) is 52.4 Å². The molecule has 0 aliphatic rings. The van der Waals surface area contributed by atoms with E-state index in [1.807, 2.05) is 48.5 Å². The van der Waals surface area contributed by atoms with Crippen molar-refractivity contribution in [2.75, 3.05) is 7.11 Å². The first kappa shape index (κ1) is 18.0. The van der Waals surface area contributed by atoms with E-state index in [9.17, 15) is 10.1 Å². The molecule has 0 saturated heterocycles.